The minimum Gasteiger partial charge on any atom is -0.507 e. The summed E-state index contributed by atoms with van der Waals surface area (Å²) in [6.45, 7) is 1.88. The molecule has 0 radical (unpaired) electrons. The second-order valence-electron chi connectivity index (χ2n) is 2.50. The van der Waals surface area contributed by atoms with Crippen molar-refractivity contribution >= 4 is 12.4 Å². The molecule has 1 aromatic carbocycles. The Kier molecular flexibility index (Phi) is 2.64. The number of phenolic OH excluding ortho intramolecular Hbond substituents is 1. The third kappa shape index (κ3) is 1.72. The van der Waals surface area contributed by atoms with E-state index in [0.29, 0.717) is 11.8 Å². The van der Waals surface area contributed by atoms with E-state index in [4.69, 9.17) is 0 Å². The molecule has 0 saturated carbocycles. The van der Waals surface area contributed by atoms with Gasteiger partial charge in [0.2, 0.25) is 0 Å². The van der Waals surface area contributed by atoms with Crippen molar-refractivity contribution in [2.24, 2.45) is 0 Å². The fourth-order valence-electron chi connectivity index (χ4n) is 1.02. The Bertz CT molecular complexity index is 293. The van der Waals surface area contributed by atoms with Crippen LogP contribution in [-0.4, -0.2) is 11.4 Å². The number of carbonyl (C=O) groups is 1. The molecule has 0 aliphatic rings. The van der Waals surface area contributed by atoms with Crippen LogP contribution < -0.4 is 0 Å². The summed E-state index contributed by atoms with van der Waals surface area (Å²) in [7, 11) is 0. The molecule has 0 unspecified atom stereocenters. The van der Waals surface area contributed by atoms with Crippen molar-refractivity contribution < 1.29 is 9.90 Å². The first-order chi connectivity index (χ1) is 5.75. The van der Waals surface area contributed by atoms with E-state index in [9.17, 15) is 9.90 Å². The number of allylic oxidation sites excluding steroid dienone is 1. The first-order valence-corrected chi connectivity index (χ1v) is 3.66. The van der Waals surface area contributed by atoms with Gasteiger partial charge in [0.05, 0.1) is 0 Å². The van der Waals surface area contributed by atoms with Crippen LogP contribution in [0.25, 0.3) is 6.08 Å². The molecule has 1 aromatic rings. The Labute approximate surface area is 71.2 Å². The highest BCUT2D eigenvalue weighted by atomic mass is 16.3. The number of aryl methyl sites for hydroxylation is 1. The van der Waals surface area contributed by atoms with Crippen molar-refractivity contribution in [3.05, 3.63) is 35.4 Å². The highest BCUT2D eigenvalue weighted by molar-refractivity contribution is 5.76. The van der Waals surface area contributed by atoms with Crippen LogP contribution in [0.3, 0.4) is 0 Å². The van der Waals surface area contributed by atoms with Gasteiger partial charge in [0.15, 0.2) is 0 Å². The number of benzene rings is 1. The molecule has 0 heterocycles. The zero-order valence-corrected chi connectivity index (χ0v) is 6.82. The van der Waals surface area contributed by atoms with Crippen LogP contribution in [0.5, 0.6) is 5.75 Å². The van der Waals surface area contributed by atoms with Crippen LogP contribution in [0.4, 0.5) is 0 Å². The summed E-state index contributed by atoms with van der Waals surface area (Å²) in [4.78, 5) is 10.0. The van der Waals surface area contributed by atoms with E-state index in [1.165, 1.54) is 6.08 Å². The molecule has 0 aliphatic heterocycles. The van der Waals surface area contributed by atoms with Crippen LogP contribution in [0.1, 0.15) is 11.1 Å². The molecule has 12 heavy (non-hydrogen) atoms. The quantitative estimate of drug-likeness (QED) is 0.532. The monoisotopic (exact) mass is 162 g/mol. The molecule has 1 rings (SSSR count). The number of hydrogen-bond acceptors (Lipinski definition) is 2. The van der Waals surface area contributed by atoms with Crippen LogP contribution in [-0.2, 0) is 4.79 Å². The topological polar surface area (TPSA) is 37.3 Å². The highest BCUT2D eigenvalue weighted by Crippen LogP contribution is 2.21. The second-order valence-corrected chi connectivity index (χ2v) is 2.50. The van der Waals surface area contributed by atoms with E-state index in [0.717, 1.165) is 5.56 Å². The van der Waals surface area contributed by atoms with Gasteiger partial charge in [-0.15, -0.1) is 0 Å². The third-order valence-corrected chi connectivity index (χ3v) is 1.64. The average Bonchev–Trinajstić information content (AvgIpc) is 2.04. The van der Waals surface area contributed by atoms with Crippen molar-refractivity contribution in [2.75, 3.05) is 0 Å². The van der Waals surface area contributed by atoms with Gasteiger partial charge in [-0.1, -0.05) is 12.1 Å². The Morgan fingerprint density at radius 1 is 1.42 bits per heavy atom. The molecule has 0 spiro atoms. The first kappa shape index (κ1) is 8.53. The maximum atomic E-state index is 10.0. The van der Waals surface area contributed by atoms with Gasteiger partial charge in [0.25, 0.3) is 0 Å². The molecule has 1 N–H and O–H groups in total. The van der Waals surface area contributed by atoms with Crippen LogP contribution >= 0.6 is 0 Å². The minimum atomic E-state index is 0.202. The summed E-state index contributed by atoms with van der Waals surface area (Å²) >= 11 is 0. The molecule has 2 nitrogen and oxygen atoms in total. The van der Waals surface area contributed by atoms with Gasteiger partial charge in [0, 0.05) is 5.56 Å². The molecular formula is C10H10O2. The molecule has 0 bridgehead atoms. The molecule has 0 saturated heterocycles. The lowest BCUT2D eigenvalue weighted by Gasteiger charge is -2.01. The lowest BCUT2D eigenvalue weighted by atomic mass is 10.1. The maximum Gasteiger partial charge on any atom is 0.142 e. The normalized spacial score (nSPS) is 10.4. The smallest absolute Gasteiger partial charge is 0.142 e. The van der Waals surface area contributed by atoms with Crippen molar-refractivity contribution in [1.29, 1.82) is 0 Å². The molecule has 0 aliphatic carbocycles. The Balaban J connectivity index is 3.12. The number of phenols is 1. The number of aromatic hydroxyl groups is 1. The summed E-state index contributed by atoms with van der Waals surface area (Å²) in [6.07, 6.45) is 3.64. The Morgan fingerprint density at radius 3 is 2.75 bits per heavy atom. The molecule has 2 heteroatoms. The standard InChI is InChI=1S/C10H10O2/c1-8-4-2-6-10(12)9(8)5-3-7-11/h2-7,12H,1H3. The van der Waals surface area contributed by atoms with E-state index >= 15 is 0 Å². The van der Waals surface area contributed by atoms with Crippen molar-refractivity contribution in [1.82, 2.24) is 0 Å². The lowest BCUT2D eigenvalue weighted by Crippen LogP contribution is -1.80. The first-order valence-electron chi connectivity index (χ1n) is 3.66. The summed E-state index contributed by atoms with van der Waals surface area (Å²) in [5.41, 5.74) is 1.65. The molecular weight excluding hydrogens is 152 g/mol. The van der Waals surface area contributed by atoms with Gasteiger partial charge >= 0.3 is 0 Å². The Hall–Kier alpha value is -1.57. The minimum absolute atomic E-state index is 0.202. The van der Waals surface area contributed by atoms with Crippen molar-refractivity contribution in [3.8, 4) is 5.75 Å². The van der Waals surface area contributed by atoms with E-state index in [1.807, 2.05) is 13.0 Å². The summed E-state index contributed by atoms with van der Waals surface area (Å²) < 4.78 is 0. The summed E-state index contributed by atoms with van der Waals surface area (Å²) in [5, 5.41) is 9.35. The predicted molar refractivity (Wildman–Crippen MR) is 47.9 cm³/mol. The van der Waals surface area contributed by atoms with Crippen molar-refractivity contribution in [2.45, 2.75) is 6.92 Å². The van der Waals surface area contributed by atoms with Gasteiger partial charge in [-0.05, 0) is 30.7 Å². The Morgan fingerprint density at radius 2 is 2.17 bits per heavy atom. The molecule has 62 valence electrons. The molecule has 0 aromatic heterocycles. The number of rotatable bonds is 2. The zero-order valence-electron chi connectivity index (χ0n) is 6.82. The van der Waals surface area contributed by atoms with Gasteiger partial charge in [-0.2, -0.15) is 0 Å². The average molecular weight is 162 g/mol. The number of carbonyl (C=O) groups excluding carboxylic acids is 1. The van der Waals surface area contributed by atoms with Gasteiger partial charge < -0.3 is 5.11 Å². The zero-order chi connectivity index (χ0) is 8.97. The van der Waals surface area contributed by atoms with Crippen LogP contribution in [0.15, 0.2) is 24.3 Å². The largest absolute Gasteiger partial charge is 0.507 e. The van der Waals surface area contributed by atoms with E-state index < -0.39 is 0 Å². The maximum absolute atomic E-state index is 10.0. The van der Waals surface area contributed by atoms with Gasteiger partial charge in [-0.25, -0.2) is 0 Å². The third-order valence-electron chi connectivity index (χ3n) is 1.64. The fourth-order valence-corrected chi connectivity index (χ4v) is 1.02. The van der Waals surface area contributed by atoms with E-state index in [1.54, 1.807) is 18.2 Å². The summed E-state index contributed by atoms with van der Waals surface area (Å²) in [6, 6.07) is 5.24. The molecule has 0 atom stereocenters. The second kappa shape index (κ2) is 3.72. The number of hydrogen-bond donors (Lipinski definition) is 1. The lowest BCUT2D eigenvalue weighted by molar-refractivity contribution is -0.104. The highest BCUT2D eigenvalue weighted by Gasteiger charge is 1.98. The van der Waals surface area contributed by atoms with Gasteiger partial charge in [-0.3, -0.25) is 4.79 Å². The van der Waals surface area contributed by atoms with Crippen molar-refractivity contribution in [3.63, 3.8) is 0 Å². The predicted octanol–water partition coefficient (Wildman–Crippen LogP) is 1.91. The molecule has 0 fully saturated rings. The van der Waals surface area contributed by atoms with E-state index in [2.05, 4.69) is 0 Å². The summed E-state index contributed by atoms with van der Waals surface area (Å²) in [5.74, 6) is 0.202. The van der Waals surface area contributed by atoms with Crippen LogP contribution in [0, 0.1) is 6.92 Å². The van der Waals surface area contributed by atoms with Crippen LogP contribution in [0.2, 0.25) is 0 Å². The van der Waals surface area contributed by atoms with E-state index in [-0.39, 0.29) is 5.75 Å². The SMILES string of the molecule is Cc1cccc(O)c1C=CC=O. The molecule has 0 amide bonds. The number of aldehydes is 1. The fraction of sp³-hybridized carbons (Fsp3) is 0.100. The van der Waals surface area contributed by atoms with Gasteiger partial charge in [0.1, 0.15) is 12.0 Å².